The lowest BCUT2D eigenvalue weighted by Gasteiger charge is -2.14. The van der Waals surface area contributed by atoms with Crippen molar-refractivity contribution in [3.05, 3.63) is 52.2 Å². The van der Waals surface area contributed by atoms with E-state index in [1.165, 1.54) is 23.5 Å². The zero-order valence-corrected chi connectivity index (χ0v) is 11.5. The van der Waals surface area contributed by atoms with Gasteiger partial charge in [-0.3, -0.25) is 4.79 Å². The summed E-state index contributed by atoms with van der Waals surface area (Å²) in [6.07, 6.45) is 0. The van der Waals surface area contributed by atoms with Gasteiger partial charge in [-0.2, -0.15) is 20.1 Å². The lowest BCUT2D eigenvalue weighted by Crippen LogP contribution is -2.26. The molecule has 2 aromatic rings. The summed E-state index contributed by atoms with van der Waals surface area (Å²) in [6.45, 7) is -1.01. The van der Waals surface area contributed by atoms with E-state index < -0.39 is 6.61 Å². The second-order valence-electron chi connectivity index (χ2n) is 4.15. The first-order chi connectivity index (χ1) is 9.56. The number of rotatable bonds is 5. The van der Waals surface area contributed by atoms with Crippen molar-refractivity contribution < 1.29 is 18.3 Å². The molecule has 1 aromatic heterocycles. The zero-order valence-electron chi connectivity index (χ0n) is 10.7. The molecule has 0 bridgehead atoms. The van der Waals surface area contributed by atoms with Gasteiger partial charge in [-0.25, -0.2) is 0 Å². The molecule has 0 aliphatic rings. The lowest BCUT2D eigenvalue weighted by atomic mass is 10.1. The number of alkyl halides is 2. The SMILES string of the molecule is C[C@H](NC(=O)c1ccsc1)c1ccc(OC(F)F)cc1. The van der Waals surface area contributed by atoms with Gasteiger partial charge in [-0.1, -0.05) is 12.1 Å². The number of ether oxygens (including phenoxy) is 1. The highest BCUT2D eigenvalue weighted by Crippen LogP contribution is 2.19. The van der Waals surface area contributed by atoms with E-state index in [1.54, 1.807) is 23.6 Å². The highest BCUT2D eigenvalue weighted by molar-refractivity contribution is 7.08. The first-order valence-corrected chi connectivity index (χ1v) is 6.88. The molecule has 0 fully saturated rings. The monoisotopic (exact) mass is 297 g/mol. The molecule has 6 heteroatoms. The molecular weight excluding hydrogens is 284 g/mol. The summed E-state index contributed by atoms with van der Waals surface area (Å²) in [4.78, 5) is 11.9. The van der Waals surface area contributed by atoms with Crippen LogP contribution in [0.15, 0.2) is 41.1 Å². The number of carbonyl (C=O) groups excluding carboxylic acids is 1. The Labute approximate surface area is 119 Å². The fourth-order valence-corrected chi connectivity index (χ4v) is 2.33. The van der Waals surface area contributed by atoms with E-state index in [-0.39, 0.29) is 17.7 Å². The van der Waals surface area contributed by atoms with E-state index >= 15 is 0 Å². The number of halogens is 2. The molecule has 106 valence electrons. The molecule has 0 aliphatic heterocycles. The van der Waals surface area contributed by atoms with Gasteiger partial charge in [0.2, 0.25) is 0 Å². The lowest BCUT2D eigenvalue weighted by molar-refractivity contribution is -0.0498. The minimum absolute atomic E-state index is 0.0973. The van der Waals surface area contributed by atoms with Crippen LogP contribution in [-0.4, -0.2) is 12.5 Å². The Balaban J connectivity index is 1.98. The van der Waals surface area contributed by atoms with E-state index in [1.807, 2.05) is 12.3 Å². The third-order valence-corrected chi connectivity index (χ3v) is 3.42. The number of carbonyl (C=O) groups is 1. The molecule has 0 saturated carbocycles. The Morgan fingerprint density at radius 1 is 1.25 bits per heavy atom. The smallest absolute Gasteiger partial charge is 0.387 e. The Morgan fingerprint density at radius 3 is 2.50 bits per heavy atom. The molecule has 1 amide bonds. The van der Waals surface area contributed by atoms with Gasteiger partial charge in [-0.05, 0) is 36.1 Å². The van der Waals surface area contributed by atoms with Gasteiger partial charge in [0.1, 0.15) is 5.75 Å². The summed E-state index contributed by atoms with van der Waals surface area (Å²) < 4.78 is 28.3. The Morgan fingerprint density at radius 2 is 1.95 bits per heavy atom. The highest BCUT2D eigenvalue weighted by Gasteiger charge is 2.12. The molecule has 0 radical (unpaired) electrons. The van der Waals surface area contributed by atoms with Crippen molar-refractivity contribution in [3.63, 3.8) is 0 Å². The highest BCUT2D eigenvalue weighted by atomic mass is 32.1. The van der Waals surface area contributed by atoms with Crippen LogP contribution >= 0.6 is 11.3 Å². The minimum Gasteiger partial charge on any atom is -0.435 e. The van der Waals surface area contributed by atoms with E-state index in [0.717, 1.165) is 5.56 Å². The molecule has 0 aliphatic carbocycles. The van der Waals surface area contributed by atoms with Crippen LogP contribution in [0.1, 0.15) is 28.9 Å². The van der Waals surface area contributed by atoms with E-state index in [2.05, 4.69) is 10.1 Å². The number of thiophene rings is 1. The molecule has 1 heterocycles. The fraction of sp³-hybridized carbons (Fsp3) is 0.214. The van der Waals surface area contributed by atoms with Crippen molar-refractivity contribution in [1.82, 2.24) is 5.32 Å². The minimum atomic E-state index is -2.84. The Kier molecular flexibility index (Phi) is 4.68. The molecule has 0 spiro atoms. The van der Waals surface area contributed by atoms with Crippen LogP contribution in [0.5, 0.6) is 5.75 Å². The molecule has 0 saturated heterocycles. The normalized spacial score (nSPS) is 12.2. The molecular formula is C14H13F2NO2S. The van der Waals surface area contributed by atoms with Gasteiger partial charge < -0.3 is 10.1 Å². The molecule has 3 nitrogen and oxygen atoms in total. The molecule has 20 heavy (non-hydrogen) atoms. The predicted molar refractivity (Wildman–Crippen MR) is 73.3 cm³/mol. The Hall–Kier alpha value is -1.95. The van der Waals surface area contributed by atoms with Gasteiger partial charge in [0.05, 0.1) is 11.6 Å². The maximum absolute atomic E-state index is 12.0. The summed E-state index contributed by atoms with van der Waals surface area (Å²) in [5, 5.41) is 6.43. The van der Waals surface area contributed by atoms with Crippen LogP contribution < -0.4 is 10.1 Å². The predicted octanol–water partition coefficient (Wildman–Crippen LogP) is 3.84. The van der Waals surface area contributed by atoms with Crippen molar-refractivity contribution >= 4 is 17.2 Å². The fourth-order valence-electron chi connectivity index (χ4n) is 1.69. The first-order valence-electron chi connectivity index (χ1n) is 5.94. The maximum Gasteiger partial charge on any atom is 0.387 e. The van der Waals surface area contributed by atoms with Crippen molar-refractivity contribution in [2.24, 2.45) is 0 Å². The molecule has 0 unspecified atom stereocenters. The first kappa shape index (κ1) is 14.5. The van der Waals surface area contributed by atoms with Gasteiger partial charge in [0.25, 0.3) is 5.91 Å². The van der Waals surface area contributed by atoms with Gasteiger partial charge >= 0.3 is 6.61 Å². The number of hydrogen-bond donors (Lipinski definition) is 1. The molecule has 1 N–H and O–H groups in total. The Bertz CT molecular complexity index is 555. The third kappa shape index (κ3) is 3.77. The van der Waals surface area contributed by atoms with Crippen LogP contribution in [0.3, 0.4) is 0 Å². The van der Waals surface area contributed by atoms with Crippen molar-refractivity contribution in [1.29, 1.82) is 0 Å². The molecule has 2 rings (SSSR count). The van der Waals surface area contributed by atoms with Gasteiger partial charge in [-0.15, -0.1) is 0 Å². The van der Waals surface area contributed by atoms with Crippen LogP contribution in [0.25, 0.3) is 0 Å². The maximum atomic E-state index is 12.0. The largest absolute Gasteiger partial charge is 0.435 e. The average Bonchev–Trinajstić information content (AvgIpc) is 2.92. The summed E-state index contributed by atoms with van der Waals surface area (Å²) in [5.74, 6) is -0.0632. The van der Waals surface area contributed by atoms with Crippen molar-refractivity contribution in [2.75, 3.05) is 0 Å². The zero-order chi connectivity index (χ0) is 14.5. The van der Waals surface area contributed by atoms with Crippen LogP contribution in [-0.2, 0) is 0 Å². The summed E-state index contributed by atoms with van der Waals surface area (Å²) >= 11 is 1.45. The quantitative estimate of drug-likeness (QED) is 0.910. The van der Waals surface area contributed by atoms with Gasteiger partial charge in [0.15, 0.2) is 0 Å². The topological polar surface area (TPSA) is 38.3 Å². The second-order valence-corrected chi connectivity index (χ2v) is 4.93. The van der Waals surface area contributed by atoms with Crippen LogP contribution in [0.4, 0.5) is 8.78 Å². The second kappa shape index (κ2) is 6.47. The van der Waals surface area contributed by atoms with Crippen molar-refractivity contribution in [2.45, 2.75) is 19.6 Å². The average molecular weight is 297 g/mol. The number of amides is 1. The van der Waals surface area contributed by atoms with Gasteiger partial charge in [0, 0.05) is 5.38 Å². The number of hydrogen-bond acceptors (Lipinski definition) is 3. The van der Waals surface area contributed by atoms with E-state index in [4.69, 9.17) is 0 Å². The molecule has 1 aromatic carbocycles. The summed E-state index contributed by atoms with van der Waals surface area (Å²) in [7, 11) is 0. The van der Waals surface area contributed by atoms with Crippen LogP contribution in [0, 0.1) is 0 Å². The number of benzene rings is 1. The standard InChI is InChI=1S/C14H13F2NO2S/c1-9(17-13(18)11-6-7-20-8-11)10-2-4-12(5-3-10)19-14(15)16/h2-9,14H,1H3,(H,17,18)/t9-/m0/s1. The van der Waals surface area contributed by atoms with E-state index in [0.29, 0.717) is 5.56 Å². The van der Waals surface area contributed by atoms with E-state index in [9.17, 15) is 13.6 Å². The number of nitrogens with one attached hydrogen (secondary N) is 1. The molecule has 1 atom stereocenters. The van der Waals surface area contributed by atoms with Crippen LogP contribution in [0.2, 0.25) is 0 Å². The third-order valence-electron chi connectivity index (χ3n) is 2.74. The van der Waals surface area contributed by atoms with Crippen molar-refractivity contribution in [3.8, 4) is 5.75 Å². The summed E-state index contributed by atoms with van der Waals surface area (Å²) in [6, 6.07) is 7.73. The summed E-state index contributed by atoms with van der Waals surface area (Å²) in [5.41, 5.74) is 1.43.